The number of nitrogens with zero attached hydrogens (tertiary/aromatic N) is 2. The molecule has 8 heteroatoms. The van der Waals surface area contributed by atoms with Crippen molar-refractivity contribution >= 4 is 27.4 Å². The van der Waals surface area contributed by atoms with E-state index in [-0.39, 0.29) is 0 Å². The number of unbranched alkanes of at least 4 members (excludes halogenated alkanes) is 7. The molecule has 0 aliphatic carbocycles. The Balaban J connectivity index is -0.000000457. The summed E-state index contributed by atoms with van der Waals surface area (Å²) < 4.78 is 0. The minimum absolute atomic E-state index is 1.25. The molecule has 0 saturated carbocycles. The Morgan fingerprint density at radius 2 is 0.792 bits per heavy atom. The van der Waals surface area contributed by atoms with Crippen molar-refractivity contribution in [2.24, 2.45) is 0 Å². The van der Waals surface area contributed by atoms with Gasteiger partial charge in [-0.05, 0) is 54.1 Å². The molecule has 24 heavy (non-hydrogen) atoms. The first-order valence-corrected chi connectivity index (χ1v) is 8.35. The molecule has 6 nitrogen and oxygen atoms in total. The number of rotatable bonds is 11. The van der Waals surface area contributed by atoms with Gasteiger partial charge in [-0.1, -0.05) is 38.5 Å². The number of hydrogen-bond donors (Lipinski definition) is 2. The predicted octanol–water partition coefficient (Wildman–Crippen LogP) is 2.90. The Labute approximate surface area is 150 Å². The molecule has 0 unspecified atom stereocenters. The van der Waals surface area contributed by atoms with Crippen molar-refractivity contribution in [3.8, 4) is 0 Å². The minimum atomic E-state index is -1.33. The average molecular weight is 340 g/mol. The highest BCUT2D eigenvalue weighted by molar-refractivity contribution is 6.54. The van der Waals surface area contributed by atoms with Gasteiger partial charge >= 0.3 is 0 Å². The number of carboxylic acid groups (broad SMARTS) is 2. The van der Waals surface area contributed by atoms with Crippen LogP contribution in [0.2, 0.25) is 0 Å². The van der Waals surface area contributed by atoms with Crippen molar-refractivity contribution in [3.63, 3.8) is 0 Å². The smallest absolute Gasteiger partial charge is 0.233 e. The highest BCUT2D eigenvalue weighted by Crippen LogP contribution is 2.08. The average Bonchev–Trinajstić information content (AvgIpc) is 2.39. The van der Waals surface area contributed by atoms with Crippen LogP contribution in [0.15, 0.2) is 0 Å². The molecule has 0 spiro atoms. The standard InChI is InChI=1S/C14H32N2.2CHBO2/c1-15(2)13-11-9-7-5-6-8-10-12-14-16(3)4;2*2-1(3)4/h5-14H2,1-4H3;2*(H,3,4). The van der Waals surface area contributed by atoms with Crippen LogP contribution in [-0.4, -0.2) is 88.7 Å². The normalized spacial score (nSPS) is 9.75. The van der Waals surface area contributed by atoms with E-state index in [2.05, 4.69) is 53.7 Å². The van der Waals surface area contributed by atoms with Crippen LogP contribution in [0, 0.1) is 0 Å². The molecular weight excluding hydrogens is 306 g/mol. The van der Waals surface area contributed by atoms with Crippen LogP contribution in [0.5, 0.6) is 0 Å². The fourth-order valence-corrected chi connectivity index (χ4v) is 1.92. The van der Waals surface area contributed by atoms with Crippen molar-refractivity contribution in [1.29, 1.82) is 0 Å². The summed E-state index contributed by atoms with van der Waals surface area (Å²) in [7, 11) is 16.7. The van der Waals surface area contributed by atoms with E-state index in [0.717, 1.165) is 0 Å². The van der Waals surface area contributed by atoms with E-state index >= 15 is 0 Å². The van der Waals surface area contributed by atoms with Crippen molar-refractivity contribution in [2.45, 2.75) is 51.4 Å². The zero-order chi connectivity index (χ0) is 19.4. The van der Waals surface area contributed by atoms with Gasteiger partial charge in [0, 0.05) is 0 Å². The third kappa shape index (κ3) is 58.3. The maximum absolute atomic E-state index is 8.78. The van der Waals surface area contributed by atoms with E-state index in [9.17, 15) is 0 Å². The Kier molecular flexibility index (Phi) is 25.5. The van der Waals surface area contributed by atoms with Gasteiger partial charge in [0.2, 0.25) is 27.4 Å². The molecule has 0 heterocycles. The molecule has 0 aromatic carbocycles. The van der Waals surface area contributed by atoms with E-state index in [0.29, 0.717) is 0 Å². The lowest BCUT2D eigenvalue weighted by Gasteiger charge is -2.09. The second-order valence-electron chi connectivity index (χ2n) is 6.11. The molecule has 4 radical (unpaired) electrons. The predicted molar refractivity (Wildman–Crippen MR) is 102 cm³/mol. The van der Waals surface area contributed by atoms with E-state index in [1.54, 1.807) is 0 Å². The van der Waals surface area contributed by atoms with Gasteiger partial charge < -0.3 is 20.0 Å². The lowest BCUT2D eigenvalue weighted by molar-refractivity contribution is 0.219. The molecule has 0 atom stereocenters. The molecule has 0 bridgehead atoms. The lowest BCUT2D eigenvalue weighted by Crippen LogP contribution is -2.12. The number of hydrogen-bond acceptors (Lipinski definition) is 4. The third-order valence-electron chi connectivity index (χ3n) is 2.96. The van der Waals surface area contributed by atoms with Crippen LogP contribution < -0.4 is 0 Å². The molecule has 0 rings (SSSR count). The quantitative estimate of drug-likeness (QED) is 0.445. The summed E-state index contributed by atoms with van der Waals surface area (Å²) in [5.74, 6) is -2.67. The molecule has 0 aromatic heterocycles. The summed E-state index contributed by atoms with van der Waals surface area (Å²) in [6, 6.07) is 0. The van der Waals surface area contributed by atoms with Gasteiger partial charge in [0.25, 0.3) is 0 Å². The molecule has 0 amide bonds. The molecule has 2 N–H and O–H groups in total. The highest BCUT2D eigenvalue weighted by atomic mass is 16.4. The second kappa shape index (κ2) is 22.0. The van der Waals surface area contributed by atoms with Crippen molar-refractivity contribution < 1.29 is 19.8 Å². The molecule has 0 saturated heterocycles. The van der Waals surface area contributed by atoms with Crippen LogP contribution >= 0.6 is 0 Å². The van der Waals surface area contributed by atoms with Gasteiger partial charge in [0.05, 0.1) is 0 Å². The monoisotopic (exact) mass is 340 g/mol. The van der Waals surface area contributed by atoms with Crippen molar-refractivity contribution in [2.75, 3.05) is 41.3 Å². The third-order valence-corrected chi connectivity index (χ3v) is 2.96. The van der Waals surface area contributed by atoms with Crippen LogP contribution in [0.3, 0.4) is 0 Å². The lowest BCUT2D eigenvalue weighted by atomic mass is 10.1. The van der Waals surface area contributed by atoms with Crippen LogP contribution in [0.4, 0.5) is 9.59 Å². The van der Waals surface area contributed by atoms with E-state index < -0.39 is 11.7 Å². The minimum Gasteiger partial charge on any atom is -0.490 e. The van der Waals surface area contributed by atoms with Gasteiger partial charge in [-0.3, -0.25) is 9.59 Å². The zero-order valence-electron chi connectivity index (χ0n) is 15.8. The topological polar surface area (TPSA) is 81.1 Å². The highest BCUT2D eigenvalue weighted by Gasteiger charge is 1.94. The molecule has 0 aliphatic rings. The fraction of sp³-hybridized carbons (Fsp3) is 0.875. The second-order valence-corrected chi connectivity index (χ2v) is 6.11. The fourth-order valence-electron chi connectivity index (χ4n) is 1.92. The Hall–Kier alpha value is -1.01. The summed E-state index contributed by atoms with van der Waals surface area (Å²) in [6.45, 7) is 2.51. The SMILES string of the molecule is CN(C)CCCCCCCCCCN(C)C.[B]C(=O)O.[B]C(=O)O. The first-order chi connectivity index (χ1) is 11.1. The summed E-state index contributed by atoms with van der Waals surface area (Å²) in [6.07, 6.45) is 11.3. The summed E-state index contributed by atoms with van der Waals surface area (Å²) >= 11 is 0. The molecule has 138 valence electrons. The first-order valence-electron chi connectivity index (χ1n) is 8.35. The van der Waals surface area contributed by atoms with Crippen molar-refractivity contribution in [1.82, 2.24) is 9.80 Å². The summed E-state index contributed by atoms with van der Waals surface area (Å²) in [5, 5.41) is 14.4. The molecule has 0 fully saturated rings. The Morgan fingerprint density at radius 1 is 0.625 bits per heavy atom. The van der Waals surface area contributed by atoms with Gasteiger partial charge in [-0.15, -0.1) is 0 Å². The van der Waals surface area contributed by atoms with Gasteiger partial charge in [-0.25, -0.2) is 0 Å². The van der Waals surface area contributed by atoms with Crippen LogP contribution in [0.25, 0.3) is 0 Å². The summed E-state index contributed by atoms with van der Waals surface area (Å²) in [4.78, 5) is 22.1. The Bertz CT molecular complexity index is 255. The van der Waals surface area contributed by atoms with Gasteiger partial charge in [-0.2, -0.15) is 0 Å². The van der Waals surface area contributed by atoms with E-state index in [1.165, 1.54) is 64.5 Å². The zero-order valence-corrected chi connectivity index (χ0v) is 15.8. The first kappa shape index (κ1) is 27.8. The Morgan fingerprint density at radius 3 is 0.958 bits per heavy atom. The maximum atomic E-state index is 8.78. The van der Waals surface area contributed by atoms with Crippen LogP contribution in [-0.2, 0) is 0 Å². The van der Waals surface area contributed by atoms with Crippen LogP contribution in [0.1, 0.15) is 51.4 Å². The summed E-state index contributed by atoms with van der Waals surface area (Å²) in [5.41, 5.74) is 0. The van der Waals surface area contributed by atoms with Gasteiger partial charge in [0.15, 0.2) is 0 Å². The number of carbonyl (C=O) groups is 2. The molecular formula is C16H34B2N2O4. The van der Waals surface area contributed by atoms with Crippen molar-refractivity contribution in [3.05, 3.63) is 0 Å². The maximum Gasteiger partial charge on any atom is 0.233 e. The van der Waals surface area contributed by atoms with Gasteiger partial charge in [0.1, 0.15) is 0 Å². The van der Waals surface area contributed by atoms with E-state index in [4.69, 9.17) is 19.8 Å². The molecule has 0 aromatic rings. The largest absolute Gasteiger partial charge is 0.490 e. The molecule has 0 aliphatic heterocycles. The van der Waals surface area contributed by atoms with E-state index in [1.807, 2.05) is 0 Å².